The van der Waals surface area contributed by atoms with Gasteiger partial charge in [-0.1, -0.05) is 6.07 Å². The molecule has 0 aliphatic carbocycles. The molecular formula is C34H33FN2O5. The molecule has 0 radical (unpaired) electrons. The van der Waals surface area contributed by atoms with E-state index in [0.717, 1.165) is 62.0 Å². The second kappa shape index (κ2) is 10.2. The number of hydrogen-bond acceptors (Lipinski definition) is 5. The minimum Gasteiger partial charge on any atom is -0.493 e. The normalized spacial score (nSPS) is 15.0. The number of hydrogen-bond donors (Lipinski definition) is 1. The first-order valence-corrected chi connectivity index (χ1v) is 14.1. The molecule has 8 heteroatoms. The molecule has 2 aliphatic rings. The van der Waals surface area contributed by atoms with Crippen LogP contribution in [0.15, 0.2) is 48.7 Å². The number of carbonyl (C=O) groups excluding carboxylic acids is 1. The average Bonchev–Trinajstić information content (AvgIpc) is 3.40. The van der Waals surface area contributed by atoms with Gasteiger partial charge in [0.05, 0.1) is 17.7 Å². The number of carbonyl (C=O) groups is 2. The van der Waals surface area contributed by atoms with Crippen LogP contribution in [-0.4, -0.2) is 39.1 Å². The third kappa shape index (κ3) is 4.69. The number of aliphatic carboxylic acids is 1. The number of amides is 1. The summed E-state index contributed by atoms with van der Waals surface area (Å²) in [6, 6.07) is 11.5. The number of carboxylic acid groups (broad SMARTS) is 1. The van der Waals surface area contributed by atoms with Gasteiger partial charge in [0.15, 0.2) is 6.10 Å². The number of pyridine rings is 1. The summed E-state index contributed by atoms with van der Waals surface area (Å²) in [5.74, 6) is -1.10. The van der Waals surface area contributed by atoms with Gasteiger partial charge in [0, 0.05) is 47.8 Å². The van der Waals surface area contributed by atoms with Gasteiger partial charge >= 0.3 is 5.97 Å². The molecule has 0 spiro atoms. The van der Waals surface area contributed by atoms with Gasteiger partial charge in [-0.2, -0.15) is 0 Å². The molecule has 2 aliphatic heterocycles. The fraction of sp³-hybridized carbons (Fsp3) is 0.324. The van der Waals surface area contributed by atoms with Crippen molar-refractivity contribution < 1.29 is 28.6 Å². The van der Waals surface area contributed by atoms with E-state index in [4.69, 9.17) is 14.5 Å². The van der Waals surface area contributed by atoms with Gasteiger partial charge in [-0.05, 0) is 104 Å². The lowest BCUT2D eigenvalue weighted by Crippen LogP contribution is -2.28. The van der Waals surface area contributed by atoms with Crippen molar-refractivity contribution in [2.45, 2.75) is 65.8 Å². The number of nitrogens with zero attached hydrogens (tertiary/aromatic N) is 2. The number of rotatable bonds is 5. The largest absolute Gasteiger partial charge is 0.493 e. The topological polar surface area (TPSA) is 89.0 Å². The first-order chi connectivity index (χ1) is 19.9. The summed E-state index contributed by atoms with van der Waals surface area (Å²) in [6.07, 6.45) is 1.27. The van der Waals surface area contributed by atoms with Gasteiger partial charge < -0.3 is 19.5 Å². The monoisotopic (exact) mass is 568 g/mol. The molecule has 3 heterocycles. The van der Waals surface area contributed by atoms with Crippen molar-refractivity contribution in [3.8, 4) is 16.9 Å². The van der Waals surface area contributed by atoms with Crippen LogP contribution in [0.5, 0.6) is 5.75 Å². The van der Waals surface area contributed by atoms with Crippen molar-refractivity contribution in [3.05, 3.63) is 93.4 Å². The summed E-state index contributed by atoms with van der Waals surface area (Å²) in [4.78, 5) is 32.8. The molecule has 4 aromatic rings. The number of aromatic nitrogens is 1. The highest BCUT2D eigenvalue weighted by atomic mass is 19.1. The van der Waals surface area contributed by atoms with E-state index in [1.54, 1.807) is 17.2 Å². The Morgan fingerprint density at radius 1 is 1.07 bits per heavy atom. The Labute approximate surface area is 243 Å². The molecule has 1 unspecified atom stereocenters. The van der Waals surface area contributed by atoms with E-state index in [1.807, 2.05) is 52.8 Å². The van der Waals surface area contributed by atoms with Crippen LogP contribution in [0.4, 0.5) is 4.39 Å². The molecule has 0 fully saturated rings. The number of fused-ring (bicyclic) bond motifs is 1. The molecule has 1 atom stereocenters. The first-order valence-electron chi connectivity index (χ1n) is 14.1. The molecule has 1 N–H and O–H groups in total. The van der Waals surface area contributed by atoms with Crippen molar-refractivity contribution in [1.82, 2.24) is 9.88 Å². The minimum atomic E-state index is -1.26. The van der Waals surface area contributed by atoms with Crippen LogP contribution in [0.25, 0.3) is 22.0 Å². The number of carboxylic acids is 1. The summed E-state index contributed by atoms with van der Waals surface area (Å²) in [5.41, 5.74) is 6.93. The summed E-state index contributed by atoms with van der Waals surface area (Å²) >= 11 is 0. The van der Waals surface area contributed by atoms with Gasteiger partial charge in [0.25, 0.3) is 5.91 Å². The lowest BCUT2D eigenvalue weighted by Gasteiger charge is -2.30. The number of benzene rings is 3. The fourth-order valence-corrected chi connectivity index (χ4v) is 6.33. The highest BCUT2D eigenvalue weighted by molar-refractivity contribution is 6.02. The van der Waals surface area contributed by atoms with E-state index in [1.165, 1.54) is 18.2 Å². The Morgan fingerprint density at radius 2 is 1.81 bits per heavy atom. The maximum absolute atomic E-state index is 14.0. The molecular weight excluding hydrogens is 535 g/mol. The lowest BCUT2D eigenvalue weighted by atomic mass is 9.82. The molecule has 1 amide bonds. The highest BCUT2D eigenvalue weighted by Gasteiger charge is 2.37. The maximum atomic E-state index is 14.0. The number of ether oxygens (including phenoxy) is 2. The summed E-state index contributed by atoms with van der Waals surface area (Å²) in [6.45, 7) is 10.6. The SMILES string of the molecule is Cc1c2c(c(C)c(C(OC(C)(C)C)C(=O)O)c1-c1ccc3c4c(ccnc14)CCO3)CN(C(=O)c1cccc(F)c1)C2. The highest BCUT2D eigenvalue weighted by Crippen LogP contribution is 2.47. The molecule has 0 bridgehead atoms. The maximum Gasteiger partial charge on any atom is 0.337 e. The van der Waals surface area contributed by atoms with Crippen LogP contribution >= 0.6 is 0 Å². The molecule has 0 saturated carbocycles. The van der Waals surface area contributed by atoms with E-state index in [9.17, 15) is 19.1 Å². The molecule has 1 aromatic heterocycles. The van der Waals surface area contributed by atoms with Crippen molar-refractivity contribution in [1.29, 1.82) is 0 Å². The first kappa shape index (κ1) is 27.8. The fourth-order valence-electron chi connectivity index (χ4n) is 6.33. The van der Waals surface area contributed by atoms with Gasteiger partial charge in [-0.25, -0.2) is 9.18 Å². The quantitative estimate of drug-likeness (QED) is 0.289. The third-order valence-electron chi connectivity index (χ3n) is 8.17. The summed E-state index contributed by atoms with van der Waals surface area (Å²) < 4.78 is 26.1. The lowest BCUT2D eigenvalue weighted by molar-refractivity contribution is -0.160. The van der Waals surface area contributed by atoms with Crippen LogP contribution in [0.2, 0.25) is 0 Å². The van der Waals surface area contributed by atoms with E-state index in [-0.39, 0.29) is 18.0 Å². The van der Waals surface area contributed by atoms with E-state index < -0.39 is 23.5 Å². The molecule has 42 heavy (non-hydrogen) atoms. The van der Waals surface area contributed by atoms with Gasteiger partial charge in [-0.15, -0.1) is 0 Å². The Bertz CT molecular complexity index is 1760. The molecule has 7 nitrogen and oxygen atoms in total. The molecule has 3 aromatic carbocycles. The second-order valence-corrected chi connectivity index (χ2v) is 12.0. The minimum absolute atomic E-state index is 0.269. The predicted octanol–water partition coefficient (Wildman–Crippen LogP) is 6.69. The van der Waals surface area contributed by atoms with E-state index in [2.05, 4.69) is 0 Å². The van der Waals surface area contributed by atoms with Crippen LogP contribution in [0, 0.1) is 19.7 Å². The Hall–Kier alpha value is -4.30. The third-order valence-corrected chi connectivity index (χ3v) is 8.17. The summed E-state index contributed by atoms with van der Waals surface area (Å²) in [5, 5.41) is 11.5. The Balaban J connectivity index is 1.59. The van der Waals surface area contributed by atoms with Crippen LogP contribution in [0.3, 0.4) is 0 Å². The van der Waals surface area contributed by atoms with Crippen molar-refractivity contribution in [3.63, 3.8) is 0 Å². The summed E-state index contributed by atoms with van der Waals surface area (Å²) in [7, 11) is 0. The predicted molar refractivity (Wildman–Crippen MR) is 157 cm³/mol. The van der Waals surface area contributed by atoms with Gasteiger partial charge in [-0.3, -0.25) is 9.78 Å². The molecule has 6 rings (SSSR count). The van der Waals surface area contributed by atoms with Gasteiger partial charge in [0.2, 0.25) is 0 Å². The van der Waals surface area contributed by atoms with E-state index in [0.29, 0.717) is 18.7 Å². The van der Waals surface area contributed by atoms with Crippen molar-refractivity contribution in [2.75, 3.05) is 6.61 Å². The van der Waals surface area contributed by atoms with E-state index >= 15 is 0 Å². The Morgan fingerprint density at radius 3 is 2.50 bits per heavy atom. The Kier molecular flexibility index (Phi) is 6.77. The zero-order valence-electron chi connectivity index (χ0n) is 24.4. The zero-order chi connectivity index (χ0) is 29.9. The standard InChI is InChI=1S/C34H33FN2O5/c1-18-24-16-37(32(38)21-7-6-8-22(35)15-21)17-25(24)19(2)28(31(33(39)40)42-34(3,4)5)27(18)23-9-10-26-29-20(12-14-41-26)11-13-36-30(23)29/h6-11,13,15,31H,12,14,16-17H2,1-5H3,(H,39,40). The van der Waals surface area contributed by atoms with Crippen molar-refractivity contribution >= 4 is 22.8 Å². The number of halogens is 1. The van der Waals surface area contributed by atoms with Crippen molar-refractivity contribution in [2.24, 2.45) is 0 Å². The second-order valence-electron chi connectivity index (χ2n) is 12.0. The van der Waals surface area contributed by atoms with Crippen LogP contribution in [0.1, 0.15) is 70.6 Å². The smallest absolute Gasteiger partial charge is 0.337 e. The average molecular weight is 569 g/mol. The van der Waals surface area contributed by atoms with Gasteiger partial charge in [0.1, 0.15) is 11.6 Å². The molecule has 216 valence electrons. The van der Waals surface area contributed by atoms with Crippen LogP contribution in [-0.2, 0) is 29.0 Å². The molecule has 0 saturated heterocycles. The zero-order valence-corrected chi connectivity index (χ0v) is 24.4. The van der Waals surface area contributed by atoms with Crippen LogP contribution < -0.4 is 4.74 Å².